The fraction of sp³-hybridized carbons (Fsp3) is 0.636. The molecule has 0 aliphatic heterocycles. The minimum atomic E-state index is -0.231. The lowest BCUT2D eigenvalue weighted by Gasteiger charge is -2.01. The zero-order valence-corrected chi connectivity index (χ0v) is 8.91. The van der Waals surface area contributed by atoms with Crippen molar-refractivity contribution in [1.29, 1.82) is 0 Å². The van der Waals surface area contributed by atoms with E-state index in [1.165, 1.54) is 7.11 Å². The van der Waals surface area contributed by atoms with Crippen LogP contribution in [0.25, 0.3) is 0 Å². The van der Waals surface area contributed by atoms with Crippen molar-refractivity contribution < 1.29 is 19.4 Å². The number of aliphatic hydroxyl groups excluding tert-OH is 1. The van der Waals surface area contributed by atoms with Gasteiger partial charge in [-0.2, -0.15) is 0 Å². The first kappa shape index (κ1) is 11.8. The maximum atomic E-state index is 11.3. The summed E-state index contributed by atoms with van der Waals surface area (Å²) in [5.41, 5.74) is 0.555. The van der Waals surface area contributed by atoms with Crippen LogP contribution in [-0.2, 0) is 14.3 Å². The van der Waals surface area contributed by atoms with Crippen LogP contribution in [0.5, 0.6) is 0 Å². The number of Topliss-reactive ketones (excluding diaryl/α,β-unsaturated/α-hetero) is 1. The quantitative estimate of drug-likeness (QED) is 0.558. The van der Waals surface area contributed by atoms with E-state index in [0.717, 1.165) is 6.42 Å². The highest BCUT2D eigenvalue weighted by Gasteiger charge is 2.21. The Morgan fingerprint density at radius 2 is 2.13 bits per heavy atom. The zero-order valence-electron chi connectivity index (χ0n) is 8.91. The van der Waals surface area contributed by atoms with Crippen LogP contribution >= 0.6 is 0 Å². The van der Waals surface area contributed by atoms with Gasteiger partial charge in [-0.1, -0.05) is 0 Å². The van der Waals surface area contributed by atoms with Gasteiger partial charge in [0.05, 0.1) is 12.9 Å². The Kier molecular flexibility index (Phi) is 4.34. The van der Waals surface area contributed by atoms with Gasteiger partial charge in [0.15, 0.2) is 5.78 Å². The Morgan fingerprint density at radius 1 is 1.40 bits per heavy atom. The van der Waals surface area contributed by atoms with Crippen molar-refractivity contribution in [2.45, 2.75) is 38.5 Å². The van der Waals surface area contributed by atoms with Gasteiger partial charge in [-0.15, -0.1) is 0 Å². The summed E-state index contributed by atoms with van der Waals surface area (Å²) in [6, 6.07) is 0. The second-order valence-electron chi connectivity index (χ2n) is 3.63. The van der Waals surface area contributed by atoms with Crippen LogP contribution < -0.4 is 0 Å². The van der Waals surface area contributed by atoms with E-state index in [9.17, 15) is 14.7 Å². The van der Waals surface area contributed by atoms with E-state index in [2.05, 4.69) is 4.74 Å². The third-order valence-electron chi connectivity index (χ3n) is 2.56. The summed E-state index contributed by atoms with van der Waals surface area (Å²) in [5, 5.41) is 9.38. The molecule has 1 N–H and O–H groups in total. The molecule has 1 aliphatic rings. The number of rotatable bonds is 5. The standard InChI is InChI=1S/C11H16O4/c1-15-11(14)5-3-2-4-8-9(12)6-7-10(8)13/h12H,2-7H2,1H3. The topological polar surface area (TPSA) is 63.6 Å². The van der Waals surface area contributed by atoms with Crippen molar-refractivity contribution >= 4 is 11.8 Å². The van der Waals surface area contributed by atoms with Crippen LogP contribution in [0.2, 0.25) is 0 Å². The van der Waals surface area contributed by atoms with E-state index in [-0.39, 0.29) is 17.5 Å². The molecule has 1 rings (SSSR count). The molecule has 0 fully saturated rings. The molecule has 0 saturated carbocycles. The number of hydrogen-bond donors (Lipinski definition) is 1. The maximum Gasteiger partial charge on any atom is 0.305 e. The number of esters is 1. The number of methoxy groups -OCH3 is 1. The largest absolute Gasteiger partial charge is 0.512 e. The first-order valence-electron chi connectivity index (χ1n) is 5.16. The number of carbonyl (C=O) groups is 2. The maximum absolute atomic E-state index is 11.3. The summed E-state index contributed by atoms with van der Waals surface area (Å²) in [5.74, 6) is 0.0505. The lowest BCUT2D eigenvalue weighted by atomic mass is 10.1. The van der Waals surface area contributed by atoms with Crippen molar-refractivity contribution in [3.63, 3.8) is 0 Å². The SMILES string of the molecule is COC(=O)CCCCC1=C(O)CCC1=O. The summed E-state index contributed by atoms with van der Waals surface area (Å²) in [4.78, 5) is 22.0. The Bertz CT molecular complexity index is 291. The van der Waals surface area contributed by atoms with Crippen molar-refractivity contribution in [1.82, 2.24) is 0 Å². The molecule has 0 radical (unpaired) electrons. The molecule has 15 heavy (non-hydrogen) atoms. The fourth-order valence-electron chi connectivity index (χ4n) is 1.65. The van der Waals surface area contributed by atoms with Gasteiger partial charge in [0.25, 0.3) is 0 Å². The first-order valence-corrected chi connectivity index (χ1v) is 5.16. The minimum absolute atomic E-state index is 0.0468. The molecule has 0 atom stereocenters. The van der Waals surface area contributed by atoms with Gasteiger partial charge in [0.1, 0.15) is 0 Å². The van der Waals surface area contributed by atoms with Crippen molar-refractivity contribution in [2.24, 2.45) is 0 Å². The number of unbranched alkanes of at least 4 members (excludes halogenated alkanes) is 1. The minimum Gasteiger partial charge on any atom is -0.512 e. The summed E-state index contributed by atoms with van der Waals surface area (Å²) < 4.78 is 4.50. The van der Waals surface area contributed by atoms with Gasteiger partial charge in [0.2, 0.25) is 0 Å². The molecule has 0 bridgehead atoms. The Hall–Kier alpha value is -1.32. The summed E-state index contributed by atoms with van der Waals surface area (Å²) in [6.45, 7) is 0. The lowest BCUT2D eigenvalue weighted by molar-refractivity contribution is -0.140. The Morgan fingerprint density at radius 3 is 2.67 bits per heavy atom. The number of allylic oxidation sites excluding steroid dienone is 2. The summed E-state index contributed by atoms with van der Waals surface area (Å²) in [7, 11) is 1.36. The van der Waals surface area contributed by atoms with E-state index in [1.807, 2.05) is 0 Å². The zero-order chi connectivity index (χ0) is 11.3. The smallest absolute Gasteiger partial charge is 0.305 e. The van der Waals surface area contributed by atoms with Crippen LogP contribution in [-0.4, -0.2) is 24.0 Å². The van der Waals surface area contributed by atoms with Crippen molar-refractivity contribution in [3.8, 4) is 0 Å². The van der Waals surface area contributed by atoms with Crippen molar-refractivity contribution in [2.75, 3.05) is 7.11 Å². The van der Waals surface area contributed by atoms with E-state index in [1.54, 1.807) is 0 Å². The van der Waals surface area contributed by atoms with Crippen LogP contribution in [0.3, 0.4) is 0 Å². The molecule has 4 heteroatoms. The average molecular weight is 212 g/mol. The molecule has 0 saturated heterocycles. The van der Waals surface area contributed by atoms with Gasteiger partial charge < -0.3 is 9.84 Å². The predicted molar refractivity (Wildman–Crippen MR) is 54.4 cm³/mol. The average Bonchev–Trinajstić information content (AvgIpc) is 2.54. The molecule has 0 amide bonds. The van der Waals surface area contributed by atoms with E-state index in [0.29, 0.717) is 37.7 Å². The molecular weight excluding hydrogens is 196 g/mol. The molecule has 84 valence electrons. The normalized spacial score (nSPS) is 15.9. The van der Waals surface area contributed by atoms with Gasteiger partial charge in [0, 0.05) is 24.8 Å². The number of ether oxygens (including phenoxy) is 1. The highest BCUT2D eigenvalue weighted by Crippen LogP contribution is 2.24. The van der Waals surface area contributed by atoms with Crippen molar-refractivity contribution in [3.05, 3.63) is 11.3 Å². The summed E-state index contributed by atoms with van der Waals surface area (Å²) in [6.07, 6.45) is 3.28. The lowest BCUT2D eigenvalue weighted by Crippen LogP contribution is -2.01. The second kappa shape index (κ2) is 5.53. The van der Waals surface area contributed by atoms with Crippen LogP contribution in [0.15, 0.2) is 11.3 Å². The second-order valence-corrected chi connectivity index (χ2v) is 3.63. The van der Waals surface area contributed by atoms with Crippen LogP contribution in [0, 0.1) is 0 Å². The number of ketones is 1. The molecular formula is C11H16O4. The Balaban J connectivity index is 2.23. The van der Waals surface area contributed by atoms with Gasteiger partial charge in [-0.3, -0.25) is 9.59 Å². The van der Waals surface area contributed by atoms with E-state index in [4.69, 9.17) is 0 Å². The molecule has 0 aromatic heterocycles. The predicted octanol–water partition coefficient (Wildman–Crippen LogP) is 1.89. The van der Waals surface area contributed by atoms with Crippen LogP contribution in [0.4, 0.5) is 0 Å². The third kappa shape index (κ3) is 3.38. The van der Waals surface area contributed by atoms with Crippen LogP contribution in [0.1, 0.15) is 38.5 Å². The third-order valence-corrected chi connectivity index (χ3v) is 2.56. The fourth-order valence-corrected chi connectivity index (χ4v) is 1.65. The molecule has 1 aliphatic carbocycles. The molecule has 0 aromatic carbocycles. The van der Waals surface area contributed by atoms with Gasteiger partial charge >= 0.3 is 5.97 Å². The molecule has 0 spiro atoms. The highest BCUT2D eigenvalue weighted by molar-refractivity contribution is 5.98. The molecule has 0 aromatic rings. The monoisotopic (exact) mass is 212 g/mol. The molecule has 0 heterocycles. The molecule has 4 nitrogen and oxygen atoms in total. The van der Waals surface area contributed by atoms with Gasteiger partial charge in [-0.05, 0) is 19.3 Å². The van der Waals surface area contributed by atoms with E-state index < -0.39 is 0 Å². The number of aliphatic hydroxyl groups is 1. The molecule has 0 unspecified atom stereocenters. The Labute approximate surface area is 88.9 Å². The first-order chi connectivity index (χ1) is 7.15. The van der Waals surface area contributed by atoms with E-state index >= 15 is 0 Å². The van der Waals surface area contributed by atoms with Gasteiger partial charge in [-0.25, -0.2) is 0 Å². The number of hydrogen-bond acceptors (Lipinski definition) is 4. The highest BCUT2D eigenvalue weighted by atomic mass is 16.5. The summed E-state index contributed by atoms with van der Waals surface area (Å²) >= 11 is 0. The number of carbonyl (C=O) groups excluding carboxylic acids is 2.